The van der Waals surface area contributed by atoms with Gasteiger partial charge < -0.3 is 4.74 Å². The molecule has 2 heterocycles. The van der Waals surface area contributed by atoms with Crippen LogP contribution < -0.4 is 0 Å². The first-order valence-corrected chi connectivity index (χ1v) is 11.9. The maximum Gasteiger partial charge on any atom is 0.338 e. The number of aryl methyl sites for hydroxylation is 2. The Balaban J connectivity index is 1.73. The van der Waals surface area contributed by atoms with Gasteiger partial charge >= 0.3 is 5.97 Å². The highest BCUT2D eigenvalue weighted by Crippen LogP contribution is 2.23. The summed E-state index contributed by atoms with van der Waals surface area (Å²) >= 11 is 1.56. The Morgan fingerprint density at radius 1 is 1.25 bits per heavy atom. The number of piperidine rings is 1. The Morgan fingerprint density at radius 2 is 2.00 bits per heavy atom. The number of benzene rings is 1. The average molecular weight is 423 g/mol. The molecule has 28 heavy (non-hydrogen) atoms. The van der Waals surface area contributed by atoms with Gasteiger partial charge in [-0.25, -0.2) is 18.2 Å². The number of carbonyl (C=O) groups excluding carboxylic acids is 1. The third-order valence-corrected chi connectivity index (χ3v) is 7.65. The van der Waals surface area contributed by atoms with Crippen molar-refractivity contribution >= 4 is 27.3 Å². The van der Waals surface area contributed by atoms with E-state index in [4.69, 9.17) is 4.74 Å². The van der Waals surface area contributed by atoms with Crippen LogP contribution in [0.25, 0.3) is 0 Å². The van der Waals surface area contributed by atoms with Crippen molar-refractivity contribution in [2.45, 2.75) is 57.5 Å². The molecule has 0 radical (unpaired) electrons. The zero-order chi connectivity index (χ0) is 20.1. The summed E-state index contributed by atoms with van der Waals surface area (Å²) < 4.78 is 32.7. The van der Waals surface area contributed by atoms with Gasteiger partial charge in [0.15, 0.2) is 0 Å². The van der Waals surface area contributed by atoms with E-state index in [1.54, 1.807) is 30.4 Å². The minimum atomic E-state index is -3.59. The highest BCUT2D eigenvalue weighted by molar-refractivity contribution is 7.89. The average Bonchev–Trinajstić information content (AvgIpc) is 3.15. The molecule has 0 spiro atoms. The van der Waals surface area contributed by atoms with E-state index in [0.29, 0.717) is 18.7 Å². The standard InChI is InChI=1S/C20H26N2O4S2/c1-3-7-19-21-16(14-27-19)13-26-20(23)18-12-17(9-8-15(18)2)28(24,25)22-10-5-4-6-11-22/h8-9,12,14H,3-7,10-11,13H2,1-2H3. The molecule has 1 aliphatic heterocycles. The van der Waals surface area contributed by atoms with Crippen LogP contribution in [-0.2, 0) is 27.8 Å². The quantitative estimate of drug-likeness (QED) is 0.632. The summed E-state index contributed by atoms with van der Waals surface area (Å²) in [5, 5.41) is 2.92. The van der Waals surface area contributed by atoms with E-state index in [9.17, 15) is 13.2 Å². The van der Waals surface area contributed by atoms with Crippen LogP contribution in [0.4, 0.5) is 0 Å². The molecule has 152 valence electrons. The Morgan fingerprint density at radius 3 is 2.71 bits per heavy atom. The molecule has 2 aromatic rings. The predicted molar refractivity (Wildman–Crippen MR) is 109 cm³/mol. The monoisotopic (exact) mass is 422 g/mol. The lowest BCUT2D eigenvalue weighted by molar-refractivity contribution is 0.0467. The molecule has 3 rings (SSSR count). The van der Waals surface area contributed by atoms with Gasteiger partial charge in [0.05, 0.1) is 21.2 Å². The van der Waals surface area contributed by atoms with E-state index in [1.807, 2.05) is 5.38 Å². The molecule has 0 bridgehead atoms. The van der Waals surface area contributed by atoms with Crippen molar-refractivity contribution in [3.63, 3.8) is 0 Å². The van der Waals surface area contributed by atoms with Gasteiger partial charge in [-0.05, 0) is 50.3 Å². The molecule has 0 atom stereocenters. The van der Waals surface area contributed by atoms with Crippen LogP contribution >= 0.6 is 11.3 Å². The maximum absolute atomic E-state index is 12.9. The molecule has 1 saturated heterocycles. The zero-order valence-electron chi connectivity index (χ0n) is 16.3. The second-order valence-electron chi connectivity index (χ2n) is 7.00. The van der Waals surface area contributed by atoms with Gasteiger partial charge in [0.2, 0.25) is 10.0 Å². The van der Waals surface area contributed by atoms with Crippen LogP contribution in [0, 0.1) is 6.92 Å². The van der Waals surface area contributed by atoms with Crippen molar-refractivity contribution in [2.24, 2.45) is 0 Å². The third kappa shape index (κ3) is 4.79. The number of hydrogen-bond donors (Lipinski definition) is 0. The number of thiazole rings is 1. The first-order valence-electron chi connectivity index (χ1n) is 9.63. The number of nitrogens with zero attached hydrogens (tertiary/aromatic N) is 2. The molecular weight excluding hydrogens is 396 g/mol. The van der Waals surface area contributed by atoms with Gasteiger partial charge in [-0.15, -0.1) is 11.3 Å². The van der Waals surface area contributed by atoms with E-state index >= 15 is 0 Å². The summed E-state index contributed by atoms with van der Waals surface area (Å²) in [7, 11) is -3.59. The maximum atomic E-state index is 12.9. The summed E-state index contributed by atoms with van der Waals surface area (Å²) in [5.74, 6) is -0.529. The van der Waals surface area contributed by atoms with Crippen LogP contribution in [-0.4, -0.2) is 36.8 Å². The number of ether oxygens (including phenoxy) is 1. The number of carbonyl (C=O) groups is 1. The number of sulfonamides is 1. The van der Waals surface area contributed by atoms with Crippen LogP contribution in [0.2, 0.25) is 0 Å². The lowest BCUT2D eigenvalue weighted by Gasteiger charge is -2.26. The summed E-state index contributed by atoms with van der Waals surface area (Å²) in [6.45, 7) is 5.01. The van der Waals surface area contributed by atoms with Crippen LogP contribution in [0.1, 0.15) is 59.2 Å². The molecule has 8 heteroatoms. The fraction of sp³-hybridized carbons (Fsp3) is 0.500. The van der Waals surface area contributed by atoms with Gasteiger partial charge in [-0.1, -0.05) is 19.4 Å². The van der Waals surface area contributed by atoms with Crippen LogP contribution in [0.3, 0.4) is 0 Å². The Labute approximate surface area is 170 Å². The van der Waals surface area contributed by atoms with Crippen molar-refractivity contribution < 1.29 is 17.9 Å². The number of aromatic nitrogens is 1. The minimum Gasteiger partial charge on any atom is -0.456 e. The first kappa shape index (κ1) is 21.0. The minimum absolute atomic E-state index is 0.0849. The van der Waals surface area contributed by atoms with Crippen LogP contribution in [0.15, 0.2) is 28.5 Å². The molecule has 1 fully saturated rings. The molecule has 0 saturated carbocycles. The van der Waals surface area contributed by atoms with Gasteiger partial charge in [0, 0.05) is 18.5 Å². The lowest BCUT2D eigenvalue weighted by atomic mass is 10.1. The van der Waals surface area contributed by atoms with Gasteiger partial charge in [0.25, 0.3) is 0 Å². The van der Waals surface area contributed by atoms with E-state index in [0.717, 1.165) is 42.8 Å². The highest BCUT2D eigenvalue weighted by Gasteiger charge is 2.27. The Hall–Kier alpha value is -1.77. The first-order chi connectivity index (χ1) is 13.4. The van der Waals surface area contributed by atoms with Crippen molar-refractivity contribution in [1.29, 1.82) is 0 Å². The zero-order valence-corrected chi connectivity index (χ0v) is 17.9. The van der Waals surface area contributed by atoms with E-state index in [1.165, 1.54) is 10.4 Å². The molecule has 1 aromatic carbocycles. The van der Waals surface area contributed by atoms with Crippen molar-refractivity contribution in [3.8, 4) is 0 Å². The summed E-state index contributed by atoms with van der Waals surface area (Å²) in [4.78, 5) is 17.2. The summed E-state index contributed by atoms with van der Waals surface area (Å²) in [6, 6.07) is 4.66. The Kier molecular flexibility index (Phi) is 6.85. The second-order valence-corrected chi connectivity index (χ2v) is 9.88. The lowest BCUT2D eigenvalue weighted by Crippen LogP contribution is -2.35. The highest BCUT2D eigenvalue weighted by atomic mass is 32.2. The predicted octanol–water partition coefficient (Wildman–Crippen LogP) is 3.94. The van der Waals surface area contributed by atoms with E-state index in [-0.39, 0.29) is 17.1 Å². The summed E-state index contributed by atoms with van der Waals surface area (Å²) in [5.41, 5.74) is 1.69. The molecule has 0 amide bonds. The Bertz CT molecular complexity index is 931. The molecule has 1 aliphatic rings. The summed E-state index contributed by atoms with van der Waals surface area (Å²) in [6.07, 6.45) is 4.72. The number of rotatable bonds is 7. The molecule has 0 aliphatic carbocycles. The topological polar surface area (TPSA) is 76.6 Å². The fourth-order valence-corrected chi connectivity index (χ4v) is 5.63. The SMILES string of the molecule is CCCc1nc(COC(=O)c2cc(S(=O)(=O)N3CCCCC3)ccc2C)cs1. The largest absolute Gasteiger partial charge is 0.456 e. The molecule has 1 aromatic heterocycles. The molecule has 6 nitrogen and oxygen atoms in total. The van der Waals surface area contributed by atoms with Gasteiger partial charge in [-0.2, -0.15) is 4.31 Å². The fourth-order valence-electron chi connectivity index (χ4n) is 3.20. The second kappa shape index (κ2) is 9.15. The molecule has 0 N–H and O–H groups in total. The van der Waals surface area contributed by atoms with Crippen LogP contribution in [0.5, 0.6) is 0 Å². The molecular formula is C20H26N2O4S2. The number of esters is 1. The number of hydrogen-bond acceptors (Lipinski definition) is 6. The normalized spacial score (nSPS) is 15.5. The van der Waals surface area contributed by atoms with E-state index in [2.05, 4.69) is 11.9 Å². The van der Waals surface area contributed by atoms with Crippen molar-refractivity contribution in [3.05, 3.63) is 45.4 Å². The smallest absolute Gasteiger partial charge is 0.338 e. The van der Waals surface area contributed by atoms with Crippen molar-refractivity contribution in [1.82, 2.24) is 9.29 Å². The van der Waals surface area contributed by atoms with Crippen molar-refractivity contribution in [2.75, 3.05) is 13.1 Å². The van der Waals surface area contributed by atoms with Gasteiger partial charge in [0.1, 0.15) is 6.61 Å². The van der Waals surface area contributed by atoms with E-state index < -0.39 is 16.0 Å². The molecule has 0 unspecified atom stereocenters. The van der Waals surface area contributed by atoms with Gasteiger partial charge in [-0.3, -0.25) is 0 Å². The third-order valence-electron chi connectivity index (χ3n) is 4.80.